The molecule has 2 heterocycles. The number of anilines is 1. The van der Waals surface area contributed by atoms with Gasteiger partial charge in [0.2, 0.25) is 0 Å². The molecular weight excluding hydrogens is 174 g/mol. The Hall–Kier alpha value is -1.09. The molecule has 0 saturated carbocycles. The van der Waals surface area contributed by atoms with Crippen LogP contribution in [0.3, 0.4) is 0 Å². The van der Waals surface area contributed by atoms with Crippen molar-refractivity contribution in [2.75, 3.05) is 24.5 Å². The van der Waals surface area contributed by atoms with Crippen molar-refractivity contribution < 1.29 is 0 Å². The summed E-state index contributed by atoms with van der Waals surface area (Å²) in [7, 11) is 0. The van der Waals surface area contributed by atoms with E-state index in [1.807, 2.05) is 13.0 Å². The number of aromatic nitrogens is 1. The van der Waals surface area contributed by atoms with Gasteiger partial charge in [-0.25, -0.2) is 4.98 Å². The minimum absolute atomic E-state index is 0.297. The van der Waals surface area contributed by atoms with Gasteiger partial charge in [-0.1, -0.05) is 13.0 Å². The molecule has 1 saturated heterocycles. The lowest BCUT2D eigenvalue weighted by atomic mass is 9.82. The Morgan fingerprint density at radius 3 is 2.79 bits per heavy atom. The molecule has 1 aromatic rings. The van der Waals surface area contributed by atoms with E-state index in [2.05, 4.69) is 28.9 Å². The van der Waals surface area contributed by atoms with Crippen LogP contribution in [0.2, 0.25) is 0 Å². The number of rotatable bonds is 2. The van der Waals surface area contributed by atoms with Gasteiger partial charge in [-0.2, -0.15) is 0 Å². The molecule has 0 amide bonds. The average molecular weight is 191 g/mol. The second kappa shape index (κ2) is 3.24. The quantitative estimate of drug-likeness (QED) is 0.763. The first-order valence-electron chi connectivity index (χ1n) is 5.02. The number of nitrogens with zero attached hydrogens (tertiary/aromatic N) is 2. The van der Waals surface area contributed by atoms with Crippen LogP contribution in [-0.2, 0) is 0 Å². The zero-order valence-corrected chi connectivity index (χ0v) is 8.83. The summed E-state index contributed by atoms with van der Waals surface area (Å²) in [6.45, 7) is 7.06. The maximum absolute atomic E-state index is 5.69. The summed E-state index contributed by atoms with van der Waals surface area (Å²) in [5, 5.41) is 0. The minimum Gasteiger partial charge on any atom is -0.355 e. The average Bonchev–Trinajstić information content (AvgIpc) is 2.13. The van der Waals surface area contributed by atoms with Gasteiger partial charge in [-0.15, -0.1) is 0 Å². The number of hydrogen-bond acceptors (Lipinski definition) is 3. The number of hydrogen-bond donors (Lipinski definition) is 1. The lowest BCUT2D eigenvalue weighted by molar-refractivity contribution is 0.253. The van der Waals surface area contributed by atoms with Crippen LogP contribution in [0, 0.1) is 12.3 Å². The maximum Gasteiger partial charge on any atom is 0.128 e. The van der Waals surface area contributed by atoms with Gasteiger partial charge in [0, 0.05) is 30.7 Å². The monoisotopic (exact) mass is 191 g/mol. The zero-order chi connectivity index (χ0) is 10.2. The van der Waals surface area contributed by atoms with Crippen LogP contribution in [0.15, 0.2) is 18.2 Å². The SMILES string of the molecule is Cc1cccc(N2CC(C)(CN)C2)n1. The van der Waals surface area contributed by atoms with Gasteiger partial charge in [0.05, 0.1) is 0 Å². The molecule has 0 spiro atoms. The van der Waals surface area contributed by atoms with E-state index in [0.29, 0.717) is 5.41 Å². The Kier molecular flexibility index (Phi) is 2.19. The fourth-order valence-electron chi connectivity index (χ4n) is 1.87. The second-order valence-electron chi connectivity index (χ2n) is 4.51. The van der Waals surface area contributed by atoms with Gasteiger partial charge in [-0.3, -0.25) is 0 Å². The van der Waals surface area contributed by atoms with Crippen LogP contribution in [0.25, 0.3) is 0 Å². The summed E-state index contributed by atoms with van der Waals surface area (Å²) < 4.78 is 0. The summed E-state index contributed by atoms with van der Waals surface area (Å²) in [5.74, 6) is 1.08. The largest absolute Gasteiger partial charge is 0.355 e. The lowest BCUT2D eigenvalue weighted by Crippen LogP contribution is -2.58. The van der Waals surface area contributed by atoms with Crippen LogP contribution in [-0.4, -0.2) is 24.6 Å². The first kappa shape index (κ1) is 9.46. The Labute approximate surface area is 84.9 Å². The summed E-state index contributed by atoms with van der Waals surface area (Å²) in [6, 6.07) is 6.13. The standard InChI is InChI=1S/C11H17N3/c1-9-4-3-5-10(13-9)14-7-11(2,6-12)8-14/h3-5H,6-8,12H2,1-2H3. The predicted octanol–water partition coefficient (Wildman–Crippen LogP) is 1.18. The van der Waals surface area contributed by atoms with Crippen LogP contribution < -0.4 is 10.6 Å². The van der Waals surface area contributed by atoms with Crippen molar-refractivity contribution in [2.45, 2.75) is 13.8 Å². The molecule has 0 radical (unpaired) electrons. The van der Waals surface area contributed by atoms with Gasteiger partial charge in [0.15, 0.2) is 0 Å². The Morgan fingerprint density at radius 2 is 2.21 bits per heavy atom. The van der Waals surface area contributed by atoms with Gasteiger partial charge < -0.3 is 10.6 Å². The molecule has 0 atom stereocenters. The van der Waals surface area contributed by atoms with Crippen molar-refractivity contribution in [1.29, 1.82) is 0 Å². The fourth-order valence-corrected chi connectivity index (χ4v) is 1.87. The molecule has 0 aliphatic carbocycles. The molecule has 14 heavy (non-hydrogen) atoms. The van der Waals surface area contributed by atoms with Crippen LogP contribution in [0.1, 0.15) is 12.6 Å². The highest BCUT2D eigenvalue weighted by Gasteiger charge is 2.37. The summed E-state index contributed by atoms with van der Waals surface area (Å²) in [6.07, 6.45) is 0. The van der Waals surface area contributed by atoms with Crippen molar-refractivity contribution in [2.24, 2.45) is 11.1 Å². The summed E-state index contributed by atoms with van der Waals surface area (Å²) in [5.41, 5.74) is 7.06. The lowest BCUT2D eigenvalue weighted by Gasteiger charge is -2.48. The molecule has 1 fully saturated rings. The fraction of sp³-hybridized carbons (Fsp3) is 0.545. The molecule has 1 aliphatic rings. The van der Waals surface area contributed by atoms with Crippen molar-refractivity contribution in [1.82, 2.24) is 4.98 Å². The predicted molar refractivity (Wildman–Crippen MR) is 58.3 cm³/mol. The first-order valence-corrected chi connectivity index (χ1v) is 5.02. The third-order valence-corrected chi connectivity index (χ3v) is 2.84. The summed E-state index contributed by atoms with van der Waals surface area (Å²) >= 11 is 0. The minimum atomic E-state index is 0.297. The van der Waals surface area contributed by atoms with E-state index in [0.717, 1.165) is 31.1 Å². The van der Waals surface area contributed by atoms with Gasteiger partial charge in [0.1, 0.15) is 5.82 Å². The highest BCUT2D eigenvalue weighted by atomic mass is 15.3. The van der Waals surface area contributed by atoms with E-state index >= 15 is 0 Å². The summed E-state index contributed by atoms with van der Waals surface area (Å²) in [4.78, 5) is 6.76. The van der Waals surface area contributed by atoms with Crippen molar-refractivity contribution in [3.8, 4) is 0 Å². The number of aryl methyl sites for hydroxylation is 1. The second-order valence-corrected chi connectivity index (χ2v) is 4.51. The molecule has 2 rings (SSSR count). The third-order valence-electron chi connectivity index (χ3n) is 2.84. The van der Waals surface area contributed by atoms with Crippen molar-refractivity contribution in [3.63, 3.8) is 0 Å². The Morgan fingerprint density at radius 1 is 1.50 bits per heavy atom. The van der Waals surface area contributed by atoms with Crippen molar-refractivity contribution in [3.05, 3.63) is 23.9 Å². The molecular formula is C11H17N3. The zero-order valence-electron chi connectivity index (χ0n) is 8.83. The molecule has 2 N–H and O–H groups in total. The Balaban J connectivity index is 2.06. The normalized spacial score (nSPS) is 19.2. The smallest absolute Gasteiger partial charge is 0.128 e. The van der Waals surface area contributed by atoms with E-state index in [4.69, 9.17) is 5.73 Å². The van der Waals surface area contributed by atoms with E-state index in [1.165, 1.54) is 0 Å². The number of pyridine rings is 1. The molecule has 0 bridgehead atoms. The molecule has 3 heteroatoms. The Bertz CT molecular complexity index is 329. The third kappa shape index (κ3) is 1.60. The van der Waals surface area contributed by atoms with Gasteiger partial charge in [0.25, 0.3) is 0 Å². The highest BCUT2D eigenvalue weighted by molar-refractivity contribution is 5.43. The maximum atomic E-state index is 5.69. The topological polar surface area (TPSA) is 42.1 Å². The number of nitrogens with two attached hydrogens (primary N) is 1. The molecule has 0 unspecified atom stereocenters. The van der Waals surface area contributed by atoms with E-state index < -0.39 is 0 Å². The highest BCUT2D eigenvalue weighted by Crippen LogP contribution is 2.31. The molecule has 76 valence electrons. The molecule has 1 aromatic heterocycles. The van der Waals surface area contributed by atoms with Gasteiger partial charge >= 0.3 is 0 Å². The van der Waals surface area contributed by atoms with Crippen molar-refractivity contribution >= 4 is 5.82 Å². The molecule has 3 nitrogen and oxygen atoms in total. The van der Waals surface area contributed by atoms with E-state index in [-0.39, 0.29) is 0 Å². The molecule has 1 aliphatic heterocycles. The van der Waals surface area contributed by atoms with Gasteiger partial charge in [-0.05, 0) is 19.1 Å². The van der Waals surface area contributed by atoms with Crippen LogP contribution >= 0.6 is 0 Å². The first-order chi connectivity index (χ1) is 6.63. The van der Waals surface area contributed by atoms with E-state index in [9.17, 15) is 0 Å². The molecule has 0 aromatic carbocycles. The van der Waals surface area contributed by atoms with Crippen LogP contribution in [0.5, 0.6) is 0 Å². The van der Waals surface area contributed by atoms with E-state index in [1.54, 1.807) is 0 Å². The van der Waals surface area contributed by atoms with Crippen LogP contribution in [0.4, 0.5) is 5.82 Å².